The fraction of sp³-hybridized carbons (Fsp3) is 0.667. The van der Waals surface area contributed by atoms with Crippen molar-refractivity contribution >= 4 is 0 Å². The summed E-state index contributed by atoms with van der Waals surface area (Å²) in [6, 6.07) is 6.94. The fourth-order valence-electron chi connectivity index (χ4n) is 3.33. The van der Waals surface area contributed by atoms with Gasteiger partial charge >= 0.3 is 0 Å². The third-order valence-corrected chi connectivity index (χ3v) is 5.02. The standard InChI is InChI=1S/C18H27NO2/c1-14-5-3-6-15-16(7-4-11-21-17(14)15)19-13-18(8-9-18)10-12-20-2/h3,5-6,16,19H,4,7-13H2,1-2H3. The Hall–Kier alpha value is -1.06. The van der Waals surface area contributed by atoms with Crippen molar-refractivity contribution in [3.05, 3.63) is 29.3 Å². The van der Waals surface area contributed by atoms with Gasteiger partial charge in [0.2, 0.25) is 0 Å². The lowest BCUT2D eigenvalue weighted by atomic mass is 9.97. The van der Waals surface area contributed by atoms with E-state index in [1.54, 1.807) is 7.11 Å². The van der Waals surface area contributed by atoms with Gasteiger partial charge in [-0.15, -0.1) is 0 Å². The summed E-state index contributed by atoms with van der Waals surface area (Å²) in [6.45, 7) is 4.96. The first-order chi connectivity index (χ1) is 10.2. The van der Waals surface area contributed by atoms with Gasteiger partial charge in [-0.05, 0) is 50.0 Å². The Morgan fingerprint density at radius 3 is 3.00 bits per heavy atom. The maximum atomic E-state index is 5.96. The first kappa shape index (κ1) is 14.9. The molecule has 3 rings (SSSR count). The molecule has 0 amide bonds. The number of rotatable bonds is 6. The molecule has 1 aromatic rings. The Labute approximate surface area is 128 Å². The minimum Gasteiger partial charge on any atom is -0.493 e. The molecular weight excluding hydrogens is 262 g/mol. The molecule has 1 aliphatic carbocycles. The van der Waals surface area contributed by atoms with Gasteiger partial charge in [0.05, 0.1) is 6.61 Å². The monoisotopic (exact) mass is 289 g/mol. The molecule has 0 aromatic heterocycles. The predicted octanol–water partition coefficient (Wildman–Crippen LogP) is 3.62. The average molecular weight is 289 g/mol. The van der Waals surface area contributed by atoms with Crippen molar-refractivity contribution in [3.63, 3.8) is 0 Å². The SMILES string of the molecule is COCCC1(CNC2CCCOc3c(C)cccc32)CC1. The molecule has 0 bridgehead atoms. The molecule has 0 radical (unpaired) electrons. The second-order valence-electron chi connectivity index (χ2n) is 6.66. The highest BCUT2D eigenvalue weighted by atomic mass is 16.5. The lowest BCUT2D eigenvalue weighted by Crippen LogP contribution is -2.29. The summed E-state index contributed by atoms with van der Waals surface area (Å²) in [4.78, 5) is 0. The molecule has 1 aromatic carbocycles. The lowest BCUT2D eigenvalue weighted by molar-refractivity contribution is 0.170. The third kappa shape index (κ3) is 3.41. The second kappa shape index (κ2) is 6.37. The van der Waals surface area contributed by atoms with E-state index in [4.69, 9.17) is 9.47 Å². The van der Waals surface area contributed by atoms with E-state index in [-0.39, 0.29) is 0 Å². The van der Waals surface area contributed by atoms with Gasteiger partial charge in [-0.2, -0.15) is 0 Å². The molecule has 1 fully saturated rings. The van der Waals surface area contributed by atoms with Crippen LogP contribution in [0.25, 0.3) is 0 Å². The number of hydrogen-bond donors (Lipinski definition) is 1. The minimum atomic E-state index is 0.433. The average Bonchev–Trinajstić information content (AvgIpc) is 3.28. The van der Waals surface area contributed by atoms with Gasteiger partial charge < -0.3 is 14.8 Å². The molecule has 1 unspecified atom stereocenters. The van der Waals surface area contributed by atoms with Gasteiger partial charge in [-0.3, -0.25) is 0 Å². The molecule has 1 aliphatic heterocycles. The van der Waals surface area contributed by atoms with Gasteiger partial charge in [-0.1, -0.05) is 18.2 Å². The number of hydrogen-bond acceptors (Lipinski definition) is 3. The van der Waals surface area contributed by atoms with Crippen molar-refractivity contribution in [2.24, 2.45) is 5.41 Å². The minimum absolute atomic E-state index is 0.433. The van der Waals surface area contributed by atoms with E-state index in [0.29, 0.717) is 11.5 Å². The summed E-state index contributed by atoms with van der Waals surface area (Å²) in [7, 11) is 1.80. The molecule has 116 valence electrons. The van der Waals surface area contributed by atoms with Crippen LogP contribution in [0.15, 0.2) is 18.2 Å². The molecule has 0 spiro atoms. The third-order valence-electron chi connectivity index (χ3n) is 5.02. The highest BCUT2D eigenvalue weighted by molar-refractivity contribution is 5.43. The summed E-state index contributed by atoms with van der Waals surface area (Å²) < 4.78 is 11.2. The van der Waals surface area contributed by atoms with E-state index in [9.17, 15) is 0 Å². The maximum absolute atomic E-state index is 5.96. The van der Waals surface area contributed by atoms with Gasteiger partial charge in [0.25, 0.3) is 0 Å². The van der Waals surface area contributed by atoms with E-state index in [1.165, 1.54) is 30.4 Å². The Morgan fingerprint density at radius 2 is 2.24 bits per heavy atom. The zero-order valence-corrected chi connectivity index (χ0v) is 13.3. The summed E-state index contributed by atoms with van der Waals surface area (Å²) >= 11 is 0. The fourth-order valence-corrected chi connectivity index (χ4v) is 3.33. The summed E-state index contributed by atoms with van der Waals surface area (Å²) in [5.41, 5.74) is 3.09. The van der Waals surface area contributed by atoms with Crippen LogP contribution in [0.4, 0.5) is 0 Å². The molecule has 1 N–H and O–H groups in total. The summed E-state index contributed by atoms with van der Waals surface area (Å²) in [6.07, 6.45) is 6.15. The number of aryl methyl sites for hydroxylation is 1. The smallest absolute Gasteiger partial charge is 0.126 e. The first-order valence-electron chi connectivity index (χ1n) is 8.19. The first-order valence-corrected chi connectivity index (χ1v) is 8.19. The molecule has 1 atom stereocenters. The van der Waals surface area contributed by atoms with Crippen LogP contribution in [0.5, 0.6) is 5.75 Å². The molecule has 0 saturated heterocycles. The zero-order chi connectivity index (χ0) is 14.7. The molecule has 1 saturated carbocycles. The van der Waals surface area contributed by atoms with E-state index < -0.39 is 0 Å². The highest BCUT2D eigenvalue weighted by Crippen LogP contribution is 2.48. The summed E-state index contributed by atoms with van der Waals surface area (Å²) in [5, 5.41) is 3.82. The molecule has 2 aliphatic rings. The Kier molecular flexibility index (Phi) is 4.51. The van der Waals surface area contributed by atoms with Crippen LogP contribution in [-0.2, 0) is 4.74 Å². The van der Waals surface area contributed by atoms with Crippen molar-refractivity contribution in [1.82, 2.24) is 5.32 Å². The maximum Gasteiger partial charge on any atom is 0.126 e. The number of fused-ring (bicyclic) bond motifs is 1. The Morgan fingerprint density at radius 1 is 1.38 bits per heavy atom. The number of nitrogens with one attached hydrogen (secondary N) is 1. The number of benzene rings is 1. The molecule has 1 heterocycles. The van der Waals surface area contributed by atoms with E-state index in [2.05, 4.69) is 30.4 Å². The van der Waals surface area contributed by atoms with E-state index in [1.807, 2.05) is 0 Å². The van der Waals surface area contributed by atoms with Crippen LogP contribution in [0.1, 0.15) is 49.3 Å². The van der Waals surface area contributed by atoms with Crippen molar-refractivity contribution in [3.8, 4) is 5.75 Å². The topological polar surface area (TPSA) is 30.5 Å². The summed E-state index contributed by atoms with van der Waals surface area (Å²) in [5.74, 6) is 1.11. The lowest BCUT2D eigenvalue weighted by Gasteiger charge is -2.23. The van der Waals surface area contributed by atoms with Crippen LogP contribution in [0.2, 0.25) is 0 Å². The molecule has 3 heteroatoms. The van der Waals surface area contributed by atoms with Crippen LogP contribution < -0.4 is 10.1 Å². The van der Waals surface area contributed by atoms with Gasteiger partial charge in [0.1, 0.15) is 5.75 Å². The van der Waals surface area contributed by atoms with E-state index >= 15 is 0 Å². The molecule has 3 nitrogen and oxygen atoms in total. The van der Waals surface area contributed by atoms with E-state index in [0.717, 1.165) is 38.3 Å². The van der Waals surface area contributed by atoms with Crippen LogP contribution in [0.3, 0.4) is 0 Å². The van der Waals surface area contributed by atoms with Gasteiger partial charge in [-0.25, -0.2) is 0 Å². The van der Waals surface area contributed by atoms with Gasteiger partial charge in [0.15, 0.2) is 0 Å². The van der Waals surface area contributed by atoms with Gasteiger partial charge in [0, 0.05) is 31.9 Å². The highest BCUT2D eigenvalue weighted by Gasteiger charge is 2.42. The van der Waals surface area contributed by atoms with Crippen molar-refractivity contribution < 1.29 is 9.47 Å². The number of methoxy groups -OCH3 is 1. The van der Waals surface area contributed by atoms with Crippen LogP contribution >= 0.6 is 0 Å². The molecule has 21 heavy (non-hydrogen) atoms. The van der Waals surface area contributed by atoms with Crippen molar-refractivity contribution in [2.75, 3.05) is 26.9 Å². The van der Waals surface area contributed by atoms with Crippen LogP contribution in [0, 0.1) is 12.3 Å². The van der Waals surface area contributed by atoms with Crippen molar-refractivity contribution in [1.29, 1.82) is 0 Å². The molecular formula is C18H27NO2. The quantitative estimate of drug-likeness (QED) is 0.867. The Balaban J connectivity index is 1.67. The zero-order valence-electron chi connectivity index (χ0n) is 13.3. The Bertz CT molecular complexity index is 482. The number of ether oxygens (including phenoxy) is 2. The second-order valence-corrected chi connectivity index (χ2v) is 6.66. The van der Waals surface area contributed by atoms with Crippen molar-refractivity contribution in [2.45, 2.75) is 45.1 Å². The van der Waals surface area contributed by atoms with Crippen LogP contribution in [-0.4, -0.2) is 26.9 Å². The predicted molar refractivity (Wildman–Crippen MR) is 84.8 cm³/mol. The normalized spacial score (nSPS) is 23.0. The number of para-hydroxylation sites is 1. The largest absolute Gasteiger partial charge is 0.493 e.